The van der Waals surface area contributed by atoms with Crippen molar-refractivity contribution in [2.75, 3.05) is 0 Å². The summed E-state index contributed by atoms with van der Waals surface area (Å²) in [7, 11) is 0. The molecular formula is C22H14F3N. The van der Waals surface area contributed by atoms with Crippen molar-refractivity contribution in [1.29, 1.82) is 0 Å². The van der Waals surface area contributed by atoms with Gasteiger partial charge in [0.1, 0.15) is 0 Å². The van der Waals surface area contributed by atoms with Crippen LogP contribution in [0.4, 0.5) is 13.2 Å². The van der Waals surface area contributed by atoms with E-state index < -0.39 is 11.7 Å². The third-order valence-corrected chi connectivity index (χ3v) is 5.22. The lowest BCUT2D eigenvalue weighted by molar-refractivity contribution is -0.137. The lowest BCUT2D eigenvalue weighted by Gasteiger charge is -2.10. The van der Waals surface area contributed by atoms with E-state index in [1.165, 1.54) is 16.8 Å². The molecule has 0 radical (unpaired) electrons. The molecule has 0 fully saturated rings. The van der Waals surface area contributed by atoms with Gasteiger partial charge in [0.2, 0.25) is 0 Å². The van der Waals surface area contributed by atoms with E-state index in [1.807, 2.05) is 22.7 Å². The van der Waals surface area contributed by atoms with E-state index in [1.54, 1.807) is 6.07 Å². The second-order valence-electron chi connectivity index (χ2n) is 6.63. The first-order valence-electron chi connectivity index (χ1n) is 8.36. The molecule has 0 amide bonds. The first-order valence-corrected chi connectivity index (χ1v) is 8.36. The molecule has 26 heavy (non-hydrogen) atoms. The summed E-state index contributed by atoms with van der Waals surface area (Å²) in [6.07, 6.45) is 4.65. The van der Waals surface area contributed by atoms with Gasteiger partial charge in [0.05, 0.1) is 11.1 Å². The molecule has 128 valence electrons. The number of benzene rings is 2. The van der Waals surface area contributed by atoms with E-state index in [-0.39, 0.29) is 0 Å². The molecule has 4 aromatic rings. The van der Waals surface area contributed by atoms with E-state index in [4.69, 9.17) is 0 Å². The summed E-state index contributed by atoms with van der Waals surface area (Å²) in [4.78, 5) is 0. The lowest BCUT2D eigenvalue weighted by Crippen LogP contribution is -2.12. The number of aromatic nitrogens is 1. The zero-order valence-electron chi connectivity index (χ0n) is 13.8. The maximum Gasteiger partial charge on any atom is 0.416 e. The number of halogens is 3. The molecule has 4 heteroatoms. The normalized spacial score (nSPS) is 14.1. The quantitative estimate of drug-likeness (QED) is 0.438. The van der Waals surface area contributed by atoms with E-state index in [0.29, 0.717) is 10.7 Å². The number of allylic oxidation sites excluding steroid dienone is 2. The van der Waals surface area contributed by atoms with E-state index in [2.05, 4.69) is 30.9 Å². The van der Waals surface area contributed by atoms with Gasteiger partial charge in [0, 0.05) is 27.7 Å². The number of fused-ring (bicyclic) bond motifs is 7. The standard InChI is InChI=1S/C22H14F3N/c1-13-20-12-15(22(23,24)25)7-9-19(20)21-18-8-6-14-4-2-3-5-16(14)17(18)10-11-26(13)21/h2-4,6-12H,1,5H2. The second-order valence-corrected chi connectivity index (χ2v) is 6.63. The Morgan fingerprint density at radius 3 is 2.50 bits per heavy atom. The van der Waals surface area contributed by atoms with Crippen molar-refractivity contribution in [3.05, 3.63) is 76.4 Å². The van der Waals surface area contributed by atoms with Gasteiger partial charge in [-0.25, -0.2) is 0 Å². The Balaban J connectivity index is 1.96. The van der Waals surface area contributed by atoms with Gasteiger partial charge in [0.25, 0.3) is 0 Å². The molecule has 0 N–H and O–H groups in total. The molecule has 1 aliphatic carbocycles. The highest BCUT2D eigenvalue weighted by atomic mass is 19.4. The monoisotopic (exact) mass is 349 g/mol. The maximum atomic E-state index is 13.1. The largest absolute Gasteiger partial charge is 0.416 e. The Kier molecular flexibility index (Phi) is 2.94. The number of pyridine rings is 1. The Labute approximate surface area is 147 Å². The minimum Gasteiger partial charge on any atom is -0.316 e. The smallest absolute Gasteiger partial charge is 0.316 e. The van der Waals surface area contributed by atoms with E-state index >= 15 is 0 Å². The molecular weight excluding hydrogens is 335 g/mol. The van der Waals surface area contributed by atoms with Gasteiger partial charge >= 0.3 is 6.18 Å². The zero-order valence-corrected chi connectivity index (χ0v) is 13.8. The van der Waals surface area contributed by atoms with Crippen LogP contribution in [0.1, 0.15) is 11.1 Å². The van der Waals surface area contributed by atoms with Crippen LogP contribution in [0.25, 0.3) is 39.7 Å². The molecule has 5 rings (SSSR count). The minimum atomic E-state index is -4.36. The summed E-state index contributed by atoms with van der Waals surface area (Å²) in [5, 5.41) is 5.27. The number of nitrogens with zero attached hydrogens (tertiary/aromatic N) is 1. The predicted octanol–water partition coefficient (Wildman–Crippen LogP) is 4.57. The van der Waals surface area contributed by atoms with Crippen LogP contribution in [0, 0.1) is 0 Å². The van der Waals surface area contributed by atoms with Crippen molar-refractivity contribution in [2.24, 2.45) is 0 Å². The molecule has 0 spiro atoms. The van der Waals surface area contributed by atoms with Crippen LogP contribution in [-0.4, -0.2) is 4.40 Å². The molecule has 2 aromatic carbocycles. The summed E-state index contributed by atoms with van der Waals surface area (Å²) < 4.78 is 41.2. The van der Waals surface area contributed by atoms with Gasteiger partial charge in [-0.1, -0.05) is 43.0 Å². The van der Waals surface area contributed by atoms with Gasteiger partial charge < -0.3 is 4.40 Å². The first-order chi connectivity index (χ1) is 12.4. The van der Waals surface area contributed by atoms with Gasteiger partial charge in [-0.3, -0.25) is 0 Å². The summed E-state index contributed by atoms with van der Waals surface area (Å²) in [5.41, 5.74) is 1.51. The van der Waals surface area contributed by atoms with E-state index in [0.717, 1.165) is 34.2 Å². The fourth-order valence-electron chi connectivity index (χ4n) is 3.97. The molecule has 1 aliphatic rings. The van der Waals surface area contributed by atoms with Crippen molar-refractivity contribution in [2.45, 2.75) is 12.6 Å². The van der Waals surface area contributed by atoms with Crippen molar-refractivity contribution >= 4 is 39.7 Å². The molecule has 0 saturated heterocycles. The Morgan fingerprint density at radius 2 is 1.69 bits per heavy atom. The fraction of sp³-hybridized carbons (Fsp3) is 0.0909. The van der Waals surface area contributed by atoms with Gasteiger partial charge in [-0.05, 0) is 40.8 Å². The highest BCUT2D eigenvalue weighted by Crippen LogP contribution is 2.33. The minimum absolute atomic E-state index is 0.538. The van der Waals surface area contributed by atoms with Crippen LogP contribution in [-0.2, 0) is 12.6 Å². The van der Waals surface area contributed by atoms with Crippen molar-refractivity contribution in [3.8, 4) is 0 Å². The van der Waals surface area contributed by atoms with Crippen LogP contribution in [0.3, 0.4) is 0 Å². The topological polar surface area (TPSA) is 4.41 Å². The number of rotatable bonds is 0. The van der Waals surface area contributed by atoms with Crippen LogP contribution < -0.4 is 10.6 Å². The molecule has 0 saturated carbocycles. The van der Waals surface area contributed by atoms with Crippen LogP contribution >= 0.6 is 0 Å². The first kappa shape index (κ1) is 15.3. The zero-order chi connectivity index (χ0) is 18.1. The summed E-state index contributed by atoms with van der Waals surface area (Å²) in [6.45, 7) is 4.03. The summed E-state index contributed by atoms with van der Waals surface area (Å²) in [5.74, 6) is 0. The SMILES string of the molecule is C=c1c2cc(C(F)(F)F)ccc2c2c3ccc4c(c3ccn12)CC=CC=4. The third-order valence-electron chi connectivity index (χ3n) is 5.22. The number of alkyl halides is 3. The van der Waals surface area contributed by atoms with Gasteiger partial charge in [0.15, 0.2) is 0 Å². The molecule has 0 bridgehead atoms. The Bertz CT molecular complexity index is 1350. The molecule has 1 nitrogen and oxygen atoms in total. The maximum absolute atomic E-state index is 13.1. The molecule has 0 aliphatic heterocycles. The van der Waals surface area contributed by atoms with Gasteiger partial charge in [-0.2, -0.15) is 13.2 Å². The lowest BCUT2D eigenvalue weighted by atomic mass is 9.96. The number of hydrogen-bond donors (Lipinski definition) is 0. The van der Waals surface area contributed by atoms with Crippen molar-refractivity contribution in [1.82, 2.24) is 4.40 Å². The second kappa shape index (κ2) is 5.01. The third kappa shape index (κ3) is 1.99. The summed E-state index contributed by atoms with van der Waals surface area (Å²) >= 11 is 0. The van der Waals surface area contributed by atoms with E-state index in [9.17, 15) is 13.2 Å². The molecule has 0 unspecified atom stereocenters. The number of hydrogen-bond acceptors (Lipinski definition) is 0. The molecule has 0 atom stereocenters. The van der Waals surface area contributed by atoms with Gasteiger partial charge in [-0.15, -0.1) is 0 Å². The summed E-state index contributed by atoms with van der Waals surface area (Å²) in [6, 6.07) is 10.1. The Morgan fingerprint density at radius 1 is 0.923 bits per heavy atom. The van der Waals surface area contributed by atoms with Crippen LogP contribution in [0.2, 0.25) is 0 Å². The van der Waals surface area contributed by atoms with Crippen molar-refractivity contribution < 1.29 is 13.2 Å². The highest BCUT2D eigenvalue weighted by Gasteiger charge is 2.30. The van der Waals surface area contributed by atoms with Crippen LogP contribution in [0.15, 0.2) is 54.7 Å². The van der Waals surface area contributed by atoms with Crippen molar-refractivity contribution in [3.63, 3.8) is 0 Å². The van der Waals surface area contributed by atoms with Crippen LogP contribution in [0.5, 0.6) is 0 Å². The fourth-order valence-corrected chi connectivity index (χ4v) is 3.97. The molecule has 2 aromatic heterocycles. The highest BCUT2D eigenvalue weighted by molar-refractivity contribution is 6.12. The average Bonchev–Trinajstić information content (AvgIpc) is 2.93. The Hall–Kier alpha value is -3.01. The predicted molar refractivity (Wildman–Crippen MR) is 99.5 cm³/mol. The molecule has 2 heterocycles. The average molecular weight is 349 g/mol.